The number of amides is 1. The van der Waals surface area contributed by atoms with Crippen molar-refractivity contribution in [3.05, 3.63) is 35.1 Å². The van der Waals surface area contributed by atoms with E-state index in [1.54, 1.807) is 19.1 Å². The van der Waals surface area contributed by atoms with Gasteiger partial charge in [-0.3, -0.25) is 9.59 Å². The lowest BCUT2D eigenvalue weighted by Gasteiger charge is -2.35. The highest BCUT2D eigenvalue weighted by Crippen LogP contribution is 2.47. The molecule has 2 heterocycles. The summed E-state index contributed by atoms with van der Waals surface area (Å²) in [4.78, 5) is 31.3. The second-order valence-electron chi connectivity index (χ2n) is 8.70. The average Bonchev–Trinajstić information content (AvgIpc) is 3.11. The molecule has 1 fully saturated rings. The largest absolute Gasteiger partial charge is 0.493 e. The summed E-state index contributed by atoms with van der Waals surface area (Å²) in [5.41, 5.74) is 1.36. The Bertz CT molecular complexity index is 908. The number of likely N-dealkylation sites (N-methyl/N-ethyl adjacent to an activating group) is 1. The monoisotopic (exact) mass is 442 g/mol. The number of ether oxygens (including phenoxy) is 3. The molecule has 1 amide bonds. The first-order chi connectivity index (χ1) is 15.5. The number of nitrogens with zero attached hydrogens (tertiary/aromatic N) is 2. The van der Waals surface area contributed by atoms with Crippen molar-refractivity contribution in [1.82, 2.24) is 9.80 Å². The van der Waals surface area contributed by atoms with Crippen molar-refractivity contribution in [3.63, 3.8) is 0 Å². The van der Waals surface area contributed by atoms with Crippen LogP contribution < -0.4 is 9.47 Å². The van der Waals surface area contributed by atoms with Crippen LogP contribution in [0.3, 0.4) is 0 Å². The van der Waals surface area contributed by atoms with E-state index < -0.39 is 6.04 Å². The molecule has 174 valence electrons. The number of rotatable bonds is 8. The molecular weight excluding hydrogens is 408 g/mol. The zero-order chi connectivity index (χ0) is 22.8. The fraction of sp³-hybridized carbons (Fsp3) is 0.600. The van der Waals surface area contributed by atoms with E-state index in [9.17, 15) is 9.59 Å². The summed E-state index contributed by atoms with van der Waals surface area (Å²) in [6, 6.07) is 5.15. The van der Waals surface area contributed by atoms with Crippen LogP contribution in [-0.4, -0.2) is 68.0 Å². The molecule has 7 nitrogen and oxygen atoms in total. The first-order valence-electron chi connectivity index (χ1n) is 11.7. The molecule has 3 atom stereocenters. The van der Waals surface area contributed by atoms with Gasteiger partial charge in [-0.25, -0.2) is 0 Å². The van der Waals surface area contributed by atoms with Gasteiger partial charge >= 0.3 is 0 Å². The second-order valence-corrected chi connectivity index (χ2v) is 8.70. The van der Waals surface area contributed by atoms with Crippen LogP contribution in [0.15, 0.2) is 29.5 Å². The third-order valence-electron chi connectivity index (χ3n) is 7.13. The number of ketones is 1. The summed E-state index contributed by atoms with van der Waals surface area (Å²) in [6.07, 6.45) is 3.55. The third-order valence-corrected chi connectivity index (χ3v) is 7.13. The molecule has 4 rings (SSSR count). The first kappa shape index (κ1) is 22.6. The van der Waals surface area contributed by atoms with Crippen molar-refractivity contribution in [2.75, 3.05) is 40.4 Å². The van der Waals surface area contributed by atoms with E-state index in [4.69, 9.17) is 14.2 Å². The van der Waals surface area contributed by atoms with E-state index in [1.807, 2.05) is 18.2 Å². The number of benzene rings is 1. The Hall–Kier alpha value is -2.54. The molecule has 0 bridgehead atoms. The predicted octanol–water partition coefficient (Wildman–Crippen LogP) is 3.34. The van der Waals surface area contributed by atoms with Gasteiger partial charge in [0.1, 0.15) is 6.10 Å². The molecular formula is C25H34N2O5. The molecule has 1 aliphatic carbocycles. The van der Waals surface area contributed by atoms with Gasteiger partial charge in [0.2, 0.25) is 0 Å². The maximum absolute atomic E-state index is 13.7. The zero-order valence-electron chi connectivity index (χ0n) is 19.6. The summed E-state index contributed by atoms with van der Waals surface area (Å²) in [6.45, 7) is 7.31. The van der Waals surface area contributed by atoms with Crippen LogP contribution in [0.5, 0.6) is 11.5 Å². The van der Waals surface area contributed by atoms with E-state index in [-0.39, 0.29) is 29.5 Å². The maximum atomic E-state index is 13.7. The quantitative estimate of drug-likeness (QED) is 0.615. The van der Waals surface area contributed by atoms with Crippen molar-refractivity contribution in [2.45, 2.75) is 51.7 Å². The topological polar surface area (TPSA) is 68.3 Å². The molecule has 32 heavy (non-hydrogen) atoms. The normalized spacial score (nSPS) is 25.0. The lowest BCUT2D eigenvalue weighted by atomic mass is 9.77. The molecule has 7 heteroatoms. The van der Waals surface area contributed by atoms with Crippen LogP contribution in [0, 0.1) is 5.92 Å². The molecule has 2 aliphatic heterocycles. The molecule has 1 aromatic carbocycles. The Morgan fingerprint density at radius 2 is 1.78 bits per heavy atom. The standard InChI is InChI=1S/C25H34N2O5/c1-5-26(6-2)13-14-27-22(16-11-12-19(30-3)20(15-16)31-4)21-23(28)17-9-7-8-10-18(17)32-24(21)25(27)29/h11-12,15,17-18,22H,5-10,13-14H2,1-4H3. The van der Waals surface area contributed by atoms with Gasteiger partial charge in [0, 0.05) is 13.1 Å². The van der Waals surface area contributed by atoms with Crippen LogP contribution in [0.2, 0.25) is 0 Å². The third kappa shape index (κ3) is 3.87. The fourth-order valence-corrected chi connectivity index (χ4v) is 5.28. The van der Waals surface area contributed by atoms with E-state index in [0.29, 0.717) is 23.6 Å². The number of methoxy groups -OCH3 is 2. The number of carbonyl (C=O) groups is 2. The Morgan fingerprint density at radius 1 is 1.06 bits per heavy atom. The maximum Gasteiger partial charge on any atom is 0.290 e. The molecule has 0 N–H and O–H groups in total. The minimum Gasteiger partial charge on any atom is -0.493 e. The number of fused-ring (bicyclic) bond motifs is 1. The molecule has 1 aromatic rings. The van der Waals surface area contributed by atoms with Crippen molar-refractivity contribution < 1.29 is 23.8 Å². The second kappa shape index (κ2) is 9.53. The SMILES string of the molecule is CCN(CC)CCN1C(=O)C2=C(C(=O)C3CCCCC3O2)C1c1ccc(OC)c(OC)c1. The van der Waals surface area contributed by atoms with Crippen LogP contribution in [-0.2, 0) is 14.3 Å². The molecule has 0 radical (unpaired) electrons. The number of carbonyl (C=O) groups excluding carboxylic acids is 2. The highest BCUT2D eigenvalue weighted by atomic mass is 16.5. The summed E-state index contributed by atoms with van der Waals surface area (Å²) >= 11 is 0. The lowest BCUT2D eigenvalue weighted by Crippen LogP contribution is -2.39. The van der Waals surface area contributed by atoms with Crippen molar-refractivity contribution >= 4 is 11.7 Å². The highest BCUT2D eigenvalue weighted by Gasteiger charge is 2.51. The Balaban J connectivity index is 1.75. The minimum absolute atomic E-state index is 0.0782. The summed E-state index contributed by atoms with van der Waals surface area (Å²) in [7, 11) is 3.18. The minimum atomic E-state index is -0.469. The summed E-state index contributed by atoms with van der Waals surface area (Å²) < 4.78 is 17.1. The molecule has 3 aliphatic rings. The van der Waals surface area contributed by atoms with E-state index >= 15 is 0 Å². The Labute approximate surface area is 190 Å². The molecule has 0 spiro atoms. The van der Waals surface area contributed by atoms with Gasteiger partial charge in [-0.15, -0.1) is 0 Å². The van der Waals surface area contributed by atoms with Gasteiger partial charge in [0.05, 0.1) is 31.8 Å². The zero-order valence-corrected chi connectivity index (χ0v) is 19.6. The van der Waals surface area contributed by atoms with Gasteiger partial charge in [-0.05, 0) is 50.0 Å². The van der Waals surface area contributed by atoms with Gasteiger partial charge in [0.25, 0.3) is 5.91 Å². The van der Waals surface area contributed by atoms with Crippen LogP contribution in [0.1, 0.15) is 51.1 Å². The van der Waals surface area contributed by atoms with Gasteiger partial charge < -0.3 is 24.0 Å². The van der Waals surface area contributed by atoms with Crippen molar-refractivity contribution in [2.24, 2.45) is 5.92 Å². The molecule has 0 saturated heterocycles. The van der Waals surface area contributed by atoms with Crippen LogP contribution in [0.25, 0.3) is 0 Å². The Morgan fingerprint density at radius 3 is 2.47 bits per heavy atom. The average molecular weight is 443 g/mol. The van der Waals surface area contributed by atoms with Crippen molar-refractivity contribution in [1.29, 1.82) is 0 Å². The summed E-state index contributed by atoms with van der Waals surface area (Å²) in [5, 5.41) is 0. The van der Waals surface area contributed by atoms with E-state index in [2.05, 4.69) is 18.7 Å². The highest BCUT2D eigenvalue weighted by molar-refractivity contribution is 6.11. The lowest BCUT2D eigenvalue weighted by molar-refractivity contribution is -0.135. The fourth-order valence-electron chi connectivity index (χ4n) is 5.28. The molecule has 0 aromatic heterocycles. The number of hydrogen-bond acceptors (Lipinski definition) is 6. The Kier molecular flexibility index (Phi) is 6.74. The van der Waals surface area contributed by atoms with Crippen molar-refractivity contribution in [3.8, 4) is 11.5 Å². The van der Waals surface area contributed by atoms with Gasteiger partial charge in [0.15, 0.2) is 23.0 Å². The summed E-state index contributed by atoms with van der Waals surface area (Å²) in [5.74, 6) is 1.20. The predicted molar refractivity (Wildman–Crippen MR) is 121 cm³/mol. The molecule has 3 unspecified atom stereocenters. The van der Waals surface area contributed by atoms with E-state index in [1.165, 1.54) is 0 Å². The van der Waals surface area contributed by atoms with Gasteiger partial charge in [-0.1, -0.05) is 26.3 Å². The van der Waals surface area contributed by atoms with E-state index in [0.717, 1.165) is 50.9 Å². The number of hydrogen-bond donors (Lipinski definition) is 0. The molecule has 1 saturated carbocycles. The van der Waals surface area contributed by atoms with Crippen LogP contribution in [0.4, 0.5) is 0 Å². The number of Topliss-reactive ketones (excluding diaryl/α,β-unsaturated/α-hetero) is 1. The first-order valence-corrected chi connectivity index (χ1v) is 11.7. The smallest absolute Gasteiger partial charge is 0.290 e. The van der Waals surface area contributed by atoms with Gasteiger partial charge in [-0.2, -0.15) is 0 Å². The van der Waals surface area contributed by atoms with Crippen LogP contribution >= 0.6 is 0 Å².